The Morgan fingerprint density at radius 2 is 1.77 bits per heavy atom. The molecular weight excluding hydrogens is 172 g/mol. The molecule has 0 aliphatic carbocycles. The topological polar surface area (TPSA) is 36.9 Å². The maximum absolute atomic E-state index is 5.59. The zero-order valence-electron chi connectivity index (χ0n) is 8.12. The zero-order valence-corrected chi connectivity index (χ0v) is 8.12. The maximum atomic E-state index is 5.59. The first-order valence-electron chi connectivity index (χ1n) is 4.77. The van der Waals surface area contributed by atoms with E-state index in [4.69, 9.17) is 18.9 Å². The second kappa shape index (κ2) is 3.53. The maximum Gasteiger partial charge on any atom is 0.285 e. The summed E-state index contributed by atoms with van der Waals surface area (Å²) in [6.07, 6.45) is 0.901. The lowest BCUT2D eigenvalue weighted by Gasteiger charge is -2.24. The number of hydrogen-bond donors (Lipinski definition) is 0. The Bertz CT molecular complexity index is 182. The SMILES string of the molecule is CC1COC2(CCO1)OCC(C)O2. The quantitative estimate of drug-likeness (QED) is 0.566. The molecule has 0 aromatic carbocycles. The Morgan fingerprint density at radius 3 is 2.46 bits per heavy atom. The van der Waals surface area contributed by atoms with E-state index in [-0.39, 0.29) is 12.2 Å². The Labute approximate surface area is 78.1 Å². The summed E-state index contributed by atoms with van der Waals surface area (Å²) >= 11 is 0. The highest BCUT2D eigenvalue weighted by atomic mass is 16.9. The van der Waals surface area contributed by atoms with Crippen molar-refractivity contribution in [1.29, 1.82) is 0 Å². The summed E-state index contributed by atoms with van der Waals surface area (Å²) in [7, 11) is 0. The lowest BCUT2D eigenvalue weighted by Crippen LogP contribution is -2.34. The highest BCUT2D eigenvalue weighted by Crippen LogP contribution is 2.30. The first-order chi connectivity index (χ1) is 6.20. The van der Waals surface area contributed by atoms with Crippen LogP contribution in [0.5, 0.6) is 0 Å². The average Bonchev–Trinajstić information content (AvgIpc) is 2.35. The third kappa shape index (κ3) is 2.02. The van der Waals surface area contributed by atoms with Crippen LogP contribution in [0.1, 0.15) is 20.3 Å². The summed E-state index contributed by atoms with van der Waals surface area (Å²) in [6, 6.07) is 0. The van der Waals surface area contributed by atoms with Crippen molar-refractivity contribution in [3.05, 3.63) is 0 Å². The Hall–Kier alpha value is -0.160. The molecular formula is C9H16O4. The minimum atomic E-state index is -0.815. The van der Waals surface area contributed by atoms with Crippen molar-refractivity contribution in [2.45, 2.75) is 38.4 Å². The van der Waals surface area contributed by atoms with Crippen LogP contribution in [0.25, 0.3) is 0 Å². The van der Waals surface area contributed by atoms with E-state index in [0.717, 1.165) is 0 Å². The Morgan fingerprint density at radius 1 is 1.08 bits per heavy atom. The molecule has 3 unspecified atom stereocenters. The van der Waals surface area contributed by atoms with Crippen LogP contribution in [-0.4, -0.2) is 38.0 Å². The van der Waals surface area contributed by atoms with Crippen LogP contribution in [-0.2, 0) is 18.9 Å². The predicted octanol–water partition coefficient (Wildman–Crippen LogP) is 0.901. The van der Waals surface area contributed by atoms with Gasteiger partial charge in [0.1, 0.15) is 0 Å². The zero-order chi connectivity index (χ0) is 9.31. The summed E-state index contributed by atoms with van der Waals surface area (Å²) in [5.74, 6) is -0.815. The van der Waals surface area contributed by atoms with Crippen LogP contribution in [0.4, 0.5) is 0 Å². The molecule has 76 valence electrons. The van der Waals surface area contributed by atoms with Gasteiger partial charge in [-0.3, -0.25) is 0 Å². The molecule has 2 aliphatic heterocycles. The highest BCUT2D eigenvalue weighted by Gasteiger charge is 2.42. The van der Waals surface area contributed by atoms with Gasteiger partial charge in [-0.1, -0.05) is 0 Å². The van der Waals surface area contributed by atoms with E-state index in [1.54, 1.807) is 0 Å². The second-order valence-electron chi connectivity index (χ2n) is 3.66. The molecule has 0 amide bonds. The summed E-state index contributed by atoms with van der Waals surface area (Å²) in [5, 5.41) is 0. The largest absolute Gasteiger partial charge is 0.376 e. The van der Waals surface area contributed by atoms with Crippen LogP contribution in [0, 0.1) is 0 Å². The molecule has 0 N–H and O–H groups in total. The molecule has 13 heavy (non-hydrogen) atoms. The van der Waals surface area contributed by atoms with Crippen molar-refractivity contribution in [3.8, 4) is 0 Å². The number of ether oxygens (including phenoxy) is 4. The van der Waals surface area contributed by atoms with Gasteiger partial charge in [0.2, 0.25) is 0 Å². The van der Waals surface area contributed by atoms with Crippen molar-refractivity contribution in [2.75, 3.05) is 19.8 Å². The van der Waals surface area contributed by atoms with Crippen LogP contribution >= 0.6 is 0 Å². The van der Waals surface area contributed by atoms with E-state index in [2.05, 4.69) is 0 Å². The second-order valence-corrected chi connectivity index (χ2v) is 3.66. The van der Waals surface area contributed by atoms with Gasteiger partial charge in [0.15, 0.2) is 0 Å². The van der Waals surface area contributed by atoms with E-state index >= 15 is 0 Å². The van der Waals surface area contributed by atoms with Crippen LogP contribution in [0.15, 0.2) is 0 Å². The first-order valence-corrected chi connectivity index (χ1v) is 4.77. The lowest BCUT2D eigenvalue weighted by atomic mass is 10.4. The average molecular weight is 188 g/mol. The van der Waals surface area contributed by atoms with E-state index in [1.165, 1.54) is 0 Å². The first kappa shape index (κ1) is 9.40. The van der Waals surface area contributed by atoms with E-state index in [0.29, 0.717) is 26.2 Å². The molecule has 4 heteroatoms. The summed E-state index contributed by atoms with van der Waals surface area (Å²) in [5.41, 5.74) is 0. The number of hydrogen-bond acceptors (Lipinski definition) is 4. The fourth-order valence-electron chi connectivity index (χ4n) is 1.58. The van der Waals surface area contributed by atoms with Crippen LogP contribution < -0.4 is 0 Å². The molecule has 0 radical (unpaired) electrons. The van der Waals surface area contributed by atoms with Gasteiger partial charge in [0.25, 0.3) is 5.97 Å². The molecule has 2 aliphatic rings. The summed E-state index contributed by atoms with van der Waals surface area (Å²) in [4.78, 5) is 0. The van der Waals surface area contributed by atoms with Gasteiger partial charge in [-0.25, -0.2) is 0 Å². The van der Waals surface area contributed by atoms with Gasteiger partial charge in [-0.15, -0.1) is 0 Å². The fourth-order valence-corrected chi connectivity index (χ4v) is 1.58. The summed E-state index contributed by atoms with van der Waals surface area (Å²) < 4.78 is 22.1. The molecule has 3 atom stereocenters. The third-order valence-electron chi connectivity index (χ3n) is 2.27. The smallest absolute Gasteiger partial charge is 0.285 e. The lowest BCUT2D eigenvalue weighted by molar-refractivity contribution is -0.334. The molecule has 2 rings (SSSR count). The molecule has 0 saturated carbocycles. The Balaban J connectivity index is 1.98. The minimum Gasteiger partial charge on any atom is -0.376 e. The number of rotatable bonds is 0. The predicted molar refractivity (Wildman–Crippen MR) is 45.2 cm³/mol. The van der Waals surface area contributed by atoms with Crippen molar-refractivity contribution in [1.82, 2.24) is 0 Å². The van der Waals surface area contributed by atoms with Crippen molar-refractivity contribution < 1.29 is 18.9 Å². The molecule has 1 spiro atoms. The van der Waals surface area contributed by atoms with Crippen molar-refractivity contribution in [3.63, 3.8) is 0 Å². The fraction of sp³-hybridized carbons (Fsp3) is 1.00. The minimum absolute atomic E-state index is 0.119. The standard InChI is InChI=1S/C9H16O4/c1-7-5-11-9(3-4-10-7)12-6-8(2)13-9/h7-8H,3-6H2,1-2H3. The van der Waals surface area contributed by atoms with E-state index in [9.17, 15) is 0 Å². The van der Waals surface area contributed by atoms with Crippen LogP contribution in [0.2, 0.25) is 0 Å². The van der Waals surface area contributed by atoms with Gasteiger partial charge in [0.05, 0.1) is 38.4 Å². The van der Waals surface area contributed by atoms with E-state index < -0.39 is 5.97 Å². The molecule has 4 nitrogen and oxygen atoms in total. The summed E-state index contributed by atoms with van der Waals surface area (Å²) in [6.45, 7) is 5.74. The molecule has 0 aromatic rings. The highest BCUT2D eigenvalue weighted by molar-refractivity contribution is 4.71. The third-order valence-corrected chi connectivity index (χ3v) is 2.27. The van der Waals surface area contributed by atoms with Crippen LogP contribution in [0.3, 0.4) is 0 Å². The normalized spacial score (nSPS) is 46.6. The molecule has 2 saturated heterocycles. The van der Waals surface area contributed by atoms with Gasteiger partial charge >= 0.3 is 0 Å². The van der Waals surface area contributed by atoms with Gasteiger partial charge in [-0.05, 0) is 13.8 Å². The molecule has 0 aromatic heterocycles. The van der Waals surface area contributed by atoms with Gasteiger partial charge in [-0.2, -0.15) is 0 Å². The van der Waals surface area contributed by atoms with Crippen molar-refractivity contribution in [2.24, 2.45) is 0 Å². The van der Waals surface area contributed by atoms with Gasteiger partial charge < -0.3 is 18.9 Å². The van der Waals surface area contributed by atoms with Crippen molar-refractivity contribution >= 4 is 0 Å². The van der Waals surface area contributed by atoms with Gasteiger partial charge in [0, 0.05) is 0 Å². The molecule has 0 bridgehead atoms. The van der Waals surface area contributed by atoms with E-state index in [1.807, 2.05) is 13.8 Å². The molecule has 2 heterocycles. The Kier molecular flexibility index (Phi) is 2.55. The molecule has 2 fully saturated rings. The monoisotopic (exact) mass is 188 g/mol.